The molecule has 5 nitrogen and oxygen atoms in total. The number of sulfonamides is 1. The second-order valence-electron chi connectivity index (χ2n) is 5.80. The zero-order valence-corrected chi connectivity index (χ0v) is 14.4. The summed E-state index contributed by atoms with van der Waals surface area (Å²) in [5, 5.41) is 3.16. The van der Waals surface area contributed by atoms with Gasteiger partial charge in [-0.05, 0) is 29.8 Å². The van der Waals surface area contributed by atoms with Crippen LogP contribution in [-0.4, -0.2) is 13.6 Å². The van der Waals surface area contributed by atoms with E-state index in [0.29, 0.717) is 12.1 Å². The van der Waals surface area contributed by atoms with E-state index in [1.54, 1.807) is 0 Å². The number of anilines is 1. The zero-order chi connectivity index (χ0) is 20.7. The van der Waals surface area contributed by atoms with E-state index in [1.807, 2.05) is 4.72 Å². The van der Waals surface area contributed by atoms with Gasteiger partial charge in [-0.1, -0.05) is 23.4 Å². The van der Waals surface area contributed by atoms with Crippen molar-refractivity contribution < 1.29 is 39.3 Å². The number of aromatic nitrogens is 1. The van der Waals surface area contributed by atoms with Gasteiger partial charge in [-0.2, -0.15) is 26.3 Å². The van der Waals surface area contributed by atoms with Crippen LogP contribution in [0.1, 0.15) is 16.7 Å². The number of hydrogen-bond donors (Lipinski definition) is 1. The third-order valence-corrected chi connectivity index (χ3v) is 4.88. The molecule has 1 N–H and O–H groups in total. The van der Waals surface area contributed by atoms with Crippen molar-refractivity contribution in [2.24, 2.45) is 0 Å². The first-order valence-corrected chi connectivity index (χ1v) is 9.14. The van der Waals surface area contributed by atoms with Crippen LogP contribution in [-0.2, 0) is 28.1 Å². The fraction of sp³-hybridized carbons (Fsp3) is 0.188. The average Bonchev–Trinajstić information content (AvgIpc) is 2.94. The number of alkyl halides is 6. The molecule has 0 aliphatic heterocycles. The lowest BCUT2D eigenvalue weighted by atomic mass is 10.1. The summed E-state index contributed by atoms with van der Waals surface area (Å²) in [5.74, 6) is -1.34. The summed E-state index contributed by atoms with van der Waals surface area (Å²) in [7, 11) is -4.28. The Morgan fingerprint density at radius 2 is 1.57 bits per heavy atom. The van der Waals surface area contributed by atoms with Crippen molar-refractivity contribution in [2.45, 2.75) is 18.1 Å². The summed E-state index contributed by atoms with van der Waals surface area (Å²) in [6, 6.07) is 6.07. The van der Waals surface area contributed by atoms with Crippen molar-refractivity contribution in [1.29, 1.82) is 0 Å². The molecule has 0 saturated heterocycles. The number of hydrogen-bond acceptors (Lipinski definition) is 4. The van der Waals surface area contributed by atoms with Gasteiger partial charge < -0.3 is 4.52 Å². The third kappa shape index (κ3) is 4.38. The highest BCUT2D eigenvalue weighted by atomic mass is 32.2. The van der Waals surface area contributed by atoms with Crippen molar-refractivity contribution in [2.75, 3.05) is 4.72 Å². The molecule has 0 aliphatic carbocycles. The zero-order valence-electron chi connectivity index (χ0n) is 13.6. The highest BCUT2D eigenvalue weighted by Gasteiger charge is 2.32. The van der Waals surface area contributed by atoms with Crippen LogP contribution in [0.2, 0.25) is 0 Å². The molecule has 28 heavy (non-hydrogen) atoms. The molecule has 12 heteroatoms. The molecule has 1 aromatic heterocycles. The maximum atomic E-state index is 12.8. The molecular formula is C16H10F6N2O3S. The van der Waals surface area contributed by atoms with E-state index in [1.165, 1.54) is 6.07 Å². The van der Waals surface area contributed by atoms with Gasteiger partial charge in [0.25, 0.3) is 0 Å². The Morgan fingerprint density at radius 3 is 2.21 bits per heavy atom. The van der Waals surface area contributed by atoms with Gasteiger partial charge in [0.05, 0.1) is 22.3 Å². The van der Waals surface area contributed by atoms with E-state index in [-0.39, 0.29) is 16.5 Å². The Balaban J connectivity index is 1.89. The van der Waals surface area contributed by atoms with Gasteiger partial charge in [0.2, 0.25) is 10.0 Å². The molecule has 0 spiro atoms. The van der Waals surface area contributed by atoms with E-state index < -0.39 is 45.1 Å². The van der Waals surface area contributed by atoms with E-state index in [9.17, 15) is 34.8 Å². The standard InChI is InChI=1S/C16H10F6N2O3S/c17-15(18,19)10-3-1-2-9(6-10)8-28(25,26)24-14-12-7-11(16(20,21)22)4-5-13(12)27-23-14/h1-7H,8H2,(H,23,24). The number of nitrogens with one attached hydrogen (secondary N) is 1. The molecule has 0 radical (unpaired) electrons. The van der Waals surface area contributed by atoms with Crippen LogP contribution >= 0.6 is 0 Å². The van der Waals surface area contributed by atoms with E-state index in [2.05, 4.69) is 5.16 Å². The second-order valence-corrected chi connectivity index (χ2v) is 7.52. The largest absolute Gasteiger partial charge is 0.416 e. The lowest BCUT2D eigenvalue weighted by molar-refractivity contribution is -0.138. The van der Waals surface area contributed by atoms with Crippen molar-refractivity contribution in [3.05, 3.63) is 59.2 Å². The summed E-state index contributed by atoms with van der Waals surface area (Å²) < 4.78 is 108. The number of benzene rings is 2. The monoisotopic (exact) mass is 424 g/mol. The van der Waals surface area contributed by atoms with Crippen LogP contribution < -0.4 is 4.72 Å². The van der Waals surface area contributed by atoms with E-state index >= 15 is 0 Å². The van der Waals surface area contributed by atoms with Gasteiger partial charge in [-0.15, -0.1) is 0 Å². The Labute approximate surface area is 154 Å². The number of nitrogens with zero attached hydrogens (tertiary/aromatic N) is 1. The lowest BCUT2D eigenvalue weighted by Gasteiger charge is -2.10. The minimum absolute atomic E-state index is 0.0928. The van der Waals surface area contributed by atoms with Gasteiger partial charge in [-0.25, -0.2) is 8.42 Å². The van der Waals surface area contributed by atoms with Crippen LogP contribution in [0.15, 0.2) is 47.0 Å². The molecule has 0 bridgehead atoms. The minimum Gasteiger partial charge on any atom is -0.354 e. The smallest absolute Gasteiger partial charge is 0.354 e. The number of halogens is 6. The maximum absolute atomic E-state index is 12.8. The molecule has 2 aromatic carbocycles. The van der Waals surface area contributed by atoms with Gasteiger partial charge in [0.15, 0.2) is 11.4 Å². The SMILES string of the molecule is O=S(=O)(Cc1cccc(C(F)(F)F)c1)Nc1noc2ccc(C(F)(F)F)cc12. The second kappa shape index (κ2) is 6.69. The van der Waals surface area contributed by atoms with Crippen LogP contribution in [0, 0.1) is 0 Å². The van der Waals surface area contributed by atoms with E-state index in [0.717, 1.165) is 24.3 Å². The molecule has 1 heterocycles. The third-order valence-electron chi connectivity index (χ3n) is 3.66. The molecule has 150 valence electrons. The highest BCUT2D eigenvalue weighted by Crippen LogP contribution is 2.34. The average molecular weight is 424 g/mol. The van der Waals surface area contributed by atoms with E-state index in [4.69, 9.17) is 4.52 Å². The normalized spacial score (nSPS) is 13.1. The summed E-state index contributed by atoms with van der Waals surface area (Å²) in [6.07, 6.45) is -9.32. The Morgan fingerprint density at radius 1 is 0.929 bits per heavy atom. The Bertz CT molecular complexity index is 1120. The maximum Gasteiger partial charge on any atom is 0.416 e. The van der Waals surface area contributed by atoms with Crippen LogP contribution in [0.25, 0.3) is 11.0 Å². The predicted molar refractivity (Wildman–Crippen MR) is 86.7 cm³/mol. The number of rotatable bonds is 4. The molecule has 0 fully saturated rings. The molecular weight excluding hydrogens is 414 g/mol. The predicted octanol–water partition coefficient (Wildman–Crippen LogP) is 4.81. The van der Waals surface area contributed by atoms with Crippen molar-refractivity contribution in [1.82, 2.24) is 5.16 Å². The topological polar surface area (TPSA) is 72.2 Å². The summed E-state index contributed by atoms with van der Waals surface area (Å²) in [4.78, 5) is 0. The Hall–Kier alpha value is -2.76. The first-order chi connectivity index (χ1) is 12.9. The van der Waals surface area contributed by atoms with Crippen molar-refractivity contribution >= 4 is 26.8 Å². The molecule has 3 aromatic rings. The fourth-order valence-corrected chi connectivity index (χ4v) is 3.56. The lowest BCUT2D eigenvalue weighted by Crippen LogP contribution is -2.16. The van der Waals surface area contributed by atoms with Gasteiger partial charge in [-0.3, -0.25) is 4.72 Å². The Kier molecular flexibility index (Phi) is 4.77. The van der Waals surface area contributed by atoms with Crippen molar-refractivity contribution in [3.8, 4) is 0 Å². The molecule has 0 amide bonds. The molecule has 0 atom stereocenters. The van der Waals surface area contributed by atoms with Crippen LogP contribution in [0.5, 0.6) is 0 Å². The van der Waals surface area contributed by atoms with Gasteiger partial charge in [0.1, 0.15) is 0 Å². The fourth-order valence-electron chi connectivity index (χ4n) is 2.43. The molecule has 0 saturated carbocycles. The minimum atomic E-state index is -4.67. The summed E-state index contributed by atoms with van der Waals surface area (Å²) in [5.41, 5.74) is -2.32. The number of fused-ring (bicyclic) bond motifs is 1. The van der Waals surface area contributed by atoms with Crippen LogP contribution in [0.4, 0.5) is 32.2 Å². The first-order valence-electron chi connectivity index (χ1n) is 7.48. The highest BCUT2D eigenvalue weighted by molar-refractivity contribution is 7.91. The summed E-state index contributed by atoms with van der Waals surface area (Å²) in [6.45, 7) is 0. The molecule has 0 aliphatic rings. The quantitative estimate of drug-likeness (QED) is 0.611. The van der Waals surface area contributed by atoms with Gasteiger partial charge >= 0.3 is 12.4 Å². The van der Waals surface area contributed by atoms with Gasteiger partial charge in [0, 0.05) is 0 Å². The molecule has 0 unspecified atom stereocenters. The van der Waals surface area contributed by atoms with Crippen molar-refractivity contribution in [3.63, 3.8) is 0 Å². The first kappa shape index (κ1) is 20.0. The van der Waals surface area contributed by atoms with Crippen LogP contribution in [0.3, 0.4) is 0 Å². The molecule has 3 rings (SSSR count). The summed E-state index contributed by atoms with van der Waals surface area (Å²) >= 11 is 0.